The van der Waals surface area contributed by atoms with Crippen molar-refractivity contribution in [3.8, 4) is 0 Å². The maximum absolute atomic E-state index is 9.45. The van der Waals surface area contributed by atoms with E-state index < -0.39 is 0 Å². The number of aliphatic hydroxyl groups is 1. The van der Waals surface area contributed by atoms with Crippen LogP contribution >= 0.6 is 11.8 Å². The number of hydrogen-bond donors (Lipinski definition) is 1. The monoisotopic (exact) mass is 311 g/mol. The third kappa shape index (κ3) is 2.40. The normalized spacial score (nSPS) is 15.1. The fraction of sp³-hybridized carbons (Fsp3) is 0.294. The van der Waals surface area contributed by atoms with E-state index in [-0.39, 0.29) is 6.61 Å². The van der Waals surface area contributed by atoms with Gasteiger partial charge in [0.1, 0.15) is 5.82 Å². The first-order valence-corrected chi connectivity index (χ1v) is 8.38. The van der Waals surface area contributed by atoms with Crippen molar-refractivity contribution in [1.82, 2.24) is 14.6 Å². The van der Waals surface area contributed by atoms with E-state index in [1.165, 1.54) is 19.3 Å². The SMILES string of the molecule is OCc1ccccc1Sc1ccc2nnc(C3CCC3)n2c1. The van der Waals surface area contributed by atoms with Crippen molar-refractivity contribution in [1.29, 1.82) is 0 Å². The first-order chi connectivity index (χ1) is 10.8. The predicted molar refractivity (Wildman–Crippen MR) is 86.1 cm³/mol. The van der Waals surface area contributed by atoms with Gasteiger partial charge in [0.15, 0.2) is 5.65 Å². The van der Waals surface area contributed by atoms with E-state index in [1.807, 2.05) is 30.3 Å². The van der Waals surface area contributed by atoms with Crippen LogP contribution in [0.5, 0.6) is 0 Å². The lowest BCUT2D eigenvalue weighted by molar-refractivity contribution is 0.279. The van der Waals surface area contributed by atoms with Crippen LogP contribution in [0.25, 0.3) is 5.65 Å². The summed E-state index contributed by atoms with van der Waals surface area (Å²) in [5.41, 5.74) is 1.86. The van der Waals surface area contributed by atoms with Crippen molar-refractivity contribution in [2.45, 2.75) is 41.6 Å². The molecule has 22 heavy (non-hydrogen) atoms. The molecular weight excluding hydrogens is 294 g/mol. The molecule has 0 atom stereocenters. The number of hydrogen-bond acceptors (Lipinski definition) is 4. The van der Waals surface area contributed by atoms with Crippen LogP contribution < -0.4 is 0 Å². The summed E-state index contributed by atoms with van der Waals surface area (Å²) in [5.74, 6) is 1.64. The van der Waals surface area contributed by atoms with Crippen molar-refractivity contribution in [3.63, 3.8) is 0 Å². The second-order valence-corrected chi connectivity index (χ2v) is 6.76. The van der Waals surface area contributed by atoms with E-state index >= 15 is 0 Å². The maximum Gasteiger partial charge on any atom is 0.160 e. The van der Waals surface area contributed by atoms with Gasteiger partial charge in [-0.15, -0.1) is 10.2 Å². The molecule has 0 bridgehead atoms. The van der Waals surface area contributed by atoms with Crippen LogP contribution in [-0.2, 0) is 6.61 Å². The van der Waals surface area contributed by atoms with E-state index in [1.54, 1.807) is 11.8 Å². The lowest BCUT2D eigenvalue weighted by atomic mass is 9.85. The van der Waals surface area contributed by atoms with Crippen molar-refractivity contribution in [2.75, 3.05) is 0 Å². The topological polar surface area (TPSA) is 50.4 Å². The minimum Gasteiger partial charge on any atom is -0.392 e. The molecule has 0 unspecified atom stereocenters. The molecule has 1 N–H and O–H groups in total. The second kappa shape index (κ2) is 5.74. The minimum atomic E-state index is 0.0609. The highest BCUT2D eigenvalue weighted by molar-refractivity contribution is 7.99. The van der Waals surface area contributed by atoms with Gasteiger partial charge in [0.2, 0.25) is 0 Å². The van der Waals surface area contributed by atoms with Gasteiger partial charge in [-0.2, -0.15) is 0 Å². The Morgan fingerprint density at radius 1 is 1.14 bits per heavy atom. The average Bonchev–Trinajstić information content (AvgIpc) is 2.89. The van der Waals surface area contributed by atoms with Crippen LogP contribution in [0.15, 0.2) is 52.4 Å². The lowest BCUT2D eigenvalue weighted by Gasteiger charge is -2.23. The molecule has 0 radical (unpaired) electrons. The van der Waals surface area contributed by atoms with E-state index in [0.717, 1.165) is 26.8 Å². The zero-order valence-electron chi connectivity index (χ0n) is 12.1. The van der Waals surface area contributed by atoms with Gasteiger partial charge < -0.3 is 5.11 Å². The highest BCUT2D eigenvalue weighted by atomic mass is 32.2. The Hall–Kier alpha value is -1.85. The molecule has 2 heterocycles. The Morgan fingerprint density at radius 2 is 2.00 bits per heavy atom. The molecular formula is C17H17N3OS. The summed E-state index contributed by atoms with van der Waals surface area (Å²) in [6, 6.07) is 12.0. The molecule has 1 aliphatic rings. The van der Waals surface area contributed by atoms with Crippen LogP contribution in [0, 0.1) is 0 Å². The molecule has 3 aromatic rings. The number of benzene rings is 1. The zero-order chi connectivity index (χ0) is 14.9. The van der Waals surface area contributed by atoms with Crippen LogP contribution in [0.4, 0.5) is 0 Å². The molecule has 0 amide bonds. The highest BCUT2D eigenvalue weighted by Crippen LogP contribution is 2.36. The molecule has 1 aromatic carbocycles. The van der Waals surface area contributed by atoms with Crippen LogP contribution in [-0.4, -0.2) is 19.7 Å². The Bertz CT molecular complexity index is 811. The molecule has 112 valence electrons. The smallest absolute Gasteiger partial charge is 0.160 e. The molecule has 4 nitrogen and oxygen atoms in total. The van der Waals surface area contributed by atoms with Gasteiger partial charge in [-0.1, -0.05) is 36.4 Å². The Kier molecular flexibility index (Phi) is 3.60. The van der Waals surface area contributed by atoms with E-state index in [0.29, 0.717) is 5.92 Å². The van der Waals surface area contributed by atoms with Crippen LogP contribution in [0.1, 0.15) is 36.6 Å². The van der Waals surface area contributed by atoms with Gasteiger partial charge >= 0.3 is 0 Å². The summed E-state index contributed by atoms with van der Waals surface area (Å²) in [6.07, 6.45) is 5.83. The van der Waals surface area contributed by atoms with Crippen molar-refractivity contribution < 1.29 is 5.11 Å². The highest BCUT2D eigenvalue weighted by Gasteiger charge is 2.24. The number of aliphatic hydroxyl groups excluding tert-OH is 1. The summed E-state index contributed by atoms with van der Waals surface area (Å²) < 4.78 is 2.12. The molecule has 2 aromatic heterocycles. The van der Waals surface area contributed by atoms with Crippen molar-refractivity contribution in [3.05, 3.63) is 54.0 Å². The summed E-state index contributed by atoms with van der Waals surface area (Å²) in [6.45, 7) is 0.0609. The number of fused-ring (bicyclic) bond motifs is 1. The molecule has 5 heteroatoms. The van der Waals surface area contributed by atoms with Crippen molar-refractivity contribution in [2.24, 2.45) is 0 Å². The van der Waals surface area contributed by atoms with Gasteiger partial charge in [-0.05, 0) is 36.6 Å². The minimum absolute atomic E-state index is 0.0609. The zero-order valence-corrected chi connectivity index (χ0v) is 13.0. The molecule has 4 rings (SSSR count). The van der Waals surface area contributed by atoms with Crippen LogP contribution in [0.2, 0.25) is 0 Å². The van der Waals surface area contributed by atoms with Gasteiger partial charge in [0.25, 0.3) is 0 Å². The van der Waals surface area contributed by atoms with Gasteiger partial charge in [0, 0.05) is 21.9 Å². The molecule has 1 fully saturated rings. The third-order valence-electron chi connectivity index (χ3n) is 4.24. The Labute approximate surface area is 133 Å². The first kappa shape index (κ1) is 13.8. The first-order valence-electron chi connectivity index (χ1n) is 7.56. The molecule has 1 aliphatic carbocycles. The quantitative estimate of drug-likeness (QED) is 0.799. The van der Waals surface area contributed by atoms with E-state index in [9.17, 15) is 5.11 Å². The van der Waals surface area contributed by atoms with Crippen LogP contribution in [0.3, 0.4) is 0 Å². The molecule has 1 saturated carbocycles. The second-order valence-electron chi connectivity index (χ2n) is 5.65. The molecule has 0 spiro atoms. The number of nitrogens with zero attached hydrogens (tertiary/aromatic N) is 3. The summed E-state index contributed by atoms with van der Waals surface area (Å²) in [7, 11) is 0. The summed E-state index contributed by atoms with van der Waals surface area (Å²) in [5, 5.41) is 18.1. The fourth-order valence-electron chi connectivity index (χ4n) is 2.76. The number of rotatable bonds is 4. The van der Waals surface area contributed by atoms with Crippen molar-refractivity contribution >= 4 is 17.4 Å². The Balaban J connectivity index is 1.69. The fourth-order valence-corrected chi connectivity index (χ4v) is 3.71. The average molecular weight is 311 g/mol. The predicted octanol–water partition coefficient (Wildman–Crippen LogP) is 3.64. The Morgan fingerprint density at radius 3 is 2.77 bits per heavy atom. The number of pyridine rings is 1. The van der Waals surface area contributed by atoms with E-state index in [2.05, 4.69) is 26.9 Å². The molecule has 0 saturated heterocycles. The standard InChI is InChI=1S/C17H17N3OS/c21-11-13-4-1-2-7-15(13)22-14-8-9-16-18-19-17(20(16)10-14)12-5-3-6-12/h1-2,4,7-10,12,21H,3,5-6,11H2. The summed E-state index contributed by atoms with van der Waals surface area (Å²) in [4.78, 5) is 2.22. The van der Waals surface area contributed by atoms with E-state index in [4.69, 9.17) is 0 Å². The summed E-state index contributed by atoms with van der Waals surface area (Å²) >= 11 is 1.67. The molecule has 0 aliphatic heterocycles. The van der Waals surface area contributed by atoms with Gasteiger partial charge in [-0.3, -0.25) is 4.40 Å². The number of aromatic nitrogens is 3. The lowest BCUT2D eigenvalue weighted by Crippen LogP contribution is -2.12. The van der Waals surface area contributed by atoms with Gasteiger partial charge in [-0.25, -0.2) is 0 Å². The largest absolute Gasteiger partial charge is 0.392 e. The maximum atomic E-state index is 9.45. The van der Waals surface area contributed by atoms with Gasteiger partial charge in [0.05, 0.1) is 6.61 Å². The third-order valence-corrected chi connectivity index (χ3v) is 5.34.